The second-order valence-corrected chi connectivity index (χ2v) is 3.76. The van der Waals surface area contributed by atoms with E-state index >= 15 is 0 Å². The van der Waals surface area contributed by atoms with E-state index in [0.29, 0.717) is 18.3 Å². The summed E-state index contributed by atoms with van der Waals surface area (Å²) in [5, 5.41) is 4.22. The smallest absolute Gasteiger partial charge is 0.201 e. The number of hydrogen-bond donors (Lipinski definition) is 1. The van der Waals surface area contributed by atoms with Crippen molar-refractivity contribution in [1.82, 2.24) is 29.3 Å². The molecule has 0 saturated heterocycles. The summed E-state index contributed by atoms with van der Waals surface area (Å²) in [5.41, 5.74) is 7.58. The number of nitrogens with two attached hydrogens (primary N) is 1. The lowest BCUT2D eigenvalue weighted by molar-refractivity contribution is 0.715. The molecule has 0 aliphatic rings. The number of fused-ring (bicyclic) bond motifs is 1. The van der Waals surface area contributed by atoms with Crippen molar-refractivity contribution in [2.75, 3.05) is 5.73 Å². The van der Waals surface area contributed by atoms with E-state index in [-0.39, 0.29) is 0 Å². The van der Waals surface area contributed by atoms with Crippen LogP contribution < -0.4 is 5.73 Å². The Bertz CT molecular complexity index is 666. The van der Waals surface area contributed by atoms with Gasteiger partial charge in [0.1, 0.15) is 11.8 Å². The first kappa shape index (κ1) is 9.76. The molecule has 0 aromatic carbocycles. The minimum Gasteiger partial charge on any atom is -0.369 e. The molecule has 3 aromatic heterocycles. The predicted molar refractivity (Wildman–Crippen MR) is 62.0 cm³/mol. The molecule has 0 radical (unpaired) electrons. The Morgan fingerprint density at radius 1 is 1.41 bits per heavy atom. The molecule has 7 heteroatoms. The highest BCUT2D eigenvalue weighted by atomic mass is 15.3. The van der Waals surface area contributed by atoms with Gasteiger partial charge >= 0.3 is 0 Å². The Morgan fingerprint density at radius 2 is 2.29 bits per heavy atom. The highest BCUT2D eigenvalue weighted by molar-refractivity contribution is 5.77. The van der Waals surface area contributed by atoms with Crippen LogP contribution in [0, 0.1) is 0 Å². The summed E-state index contributed by atoms with van der Waals surface area (Å²) in [6.07, 6.45) is 5.06. The largest absolute Gasteiger partial charge is 0.369 e. The Balaban J connectivity index is 2.08. The number of rotatable bonds is 2. The van der Waals surface area contributed by atoms with E-state index in [1.165, 1.54) is 0 Å². The van der Waals surface area contributed by atoms with Gasteiger partial charge in [-0.3, -0.25) is 9.67 Å². The first-order valence-corrected chi connectivity index (χ1v) is 5.14. The van der Waals surface area contributed by atoms with E-state index in [4.69, 9.17) is 5.73 Å². The van der Waals surface area contributed by atoms with Crippen molar-refractivity contribution in [3.05, 3.63) is 30.6 Å². The van der Waals surface area contributed by atoms with Crippen LogP contribution in [0.15, 0.2) is 24.8 Å². The van der Waals surface area contributed by atoms with Crippen LogP contribution >= 0.6 is 0 Å². The lowest BCUT2D eigenvalue weighted by Gasteiger charge is -2.02. The second-order valence-electron chi connectivity index (χ2n) is 3.76. The van der Waals surface area contributed by atoms with E-state index in [0.717, 1.165) is 11.0 Å². The molecule has 0 aliphatic carbocycles. The number of pyridine rings is 1. The number of anilines is 1. The molecule has 3 aromatic rings. The van der Waals surface area contributed by atoms with Crippen molar-refractivity contribution in [3.8, 4) is 0 Å². The van der Waals surface area contributed by atoms with Gasteiger partial charge in [0.05, 0.1) is 18.3 Å². The minimum absolute atomic E-state index is 0.445. The number of aromatic nitrogens is 6. The molecule has 7 nitrogen and oxygen atoms in total. The van der Waals surface area contributed by atoms with Gasteiger partial charge in [-0.1, -0.05) is 0 Å². The lowest BCUT2D eigenvalue weighted by atomic mass is 10.4. The van der Waals surface area contributed by atoms with Gasteiger partial charge in [0.15, 0.2) is 5.82 Å². The van der Waals surface area contributed by atoms with Crippen molar-refractivity contribution in [1.29, 1.82) is 0 Å². The van der Waals surface area contributed by atoms with Crippen molar-refractivity contribution in [2.24, 2.45) is 7.05 Å². The van der Waals surface area contributed by atoms with Gasteiger partial charge in [-0.25, -0.2) is 9.97 Å². The first-order chi connectivity index (χ1) is 8.24. The monoisotopic (exact) mass is 229 g/mol. The van der Waals surface area contributed by atoms with Crippen LogP contribution in [0.25, 0.3) is 11.0 Å². The standard InChI is InChI=1S/C10H11N7/c1-16-6-13-9(15-16)5-17-8-2-3-12-4-7(8)14-10(17)11/h2-4,6H,5H2,1H3,(H2,11,14). The summed E-state index contributed by atoms with van der Waals surface area (Å²) in [6, 6.07) is 1.88. The molecule has 0 fully saturated rings. The van der Waals surface area contributed by atoms with Gasteiger partial charge < -0.3 is 10.3 Å². The maximum atomic E-state index is 5.87. The summed E-state index contributed by atoms with van der Waals surface area (Å²) < 4.78 is 3.53. The maximum absolute atomic E-state index is 5.87. The number of nitrogen functional groups attached to an aromatic ring is 1. The molecule has 86 valence electrons. The zero-order valence-corrected chi connectivity index (χ0v) is 9.28. The highest BCUT2D eigenvalue weighted by Gasteiger charge is 2.09. The van der Waals surface area contributed by atoms with Crippen LogP contribution in [0.3, 0.4) is 0 Å². The van der Waals surface area contributed by atoms with Gasteiger partial charge in [0.2, 0.25) is 5.95 Å². The molecular weight excluding hydrogens is 218 g/mol. The average Bonchev–Trinajstić information content (AvgIpc) is 2.85. The summed E-state index contributed by atoms with van der Waals surface area (Å²) in [5.74, 6) is 1.15. The Labute approximate surface area is 96.9 Å². The maximum Gasteiger partial charge on any atom is 0.201 e. The quantitative estimate of drug-likeness (QED) is 0.677. The number of imidazole rings is 1. The zero-order chi connectivity index (χ0) is 11.8. The van der Waals surface area contributed by atoms with Crippen molar-refractivity contribution in [3.63, 3.8) is 0 Å². The topological polar surface area (TPSA) is 87.4 Å². The molecule has 0 aliphatic heterocycles. The van der Waals surface area contributed by atoms with Crippen LogP contribution in [0.4, 0.5) is 5.95 Å². The third-order valence-corrected chi connectivity index (χ3v) is 2.53. The van der Waals surface area contributed by atoms with Crippen LogP contribution in [-0.4, -0.2) is 29.3 Å². The fourth-order valence-corrected chi connectivity index (χ4v) is 1.76. The molecule has 0 atom stereocenters. The fraction of sp³-hybridized carbons (Fsp3) is 0.200. The van der Waals surface area contributed by atoms with Crippen molar-refractivity contribution >= 4 is 17.0 Å². The van der Waals surface area contributed by atoms with E-state index in [1.54, 1.807) is 23.4 Å². The van der Waals surface area contributed by atoms with Crippen LogP contribution in [0.1, 0.15) is 5.82 Å². The number of aryl methyl sites for hydroxylation is 1. The van der Waals surface area contributed by atoms with Crippen molar-refractivity contribution in [2.45, 2.75) is 6.54 Å². The molecule has 3 heterocycles. The average molecular weight is 229 g/mol. The SMILES string of the molecule is Cn1cnc(Cn2c(N)nc3cnccc32)n1. The summed E-state index contributed by atoms with van der Waals surface area (Å²) in [4.78, 5) is 12.4. The Morgan fingerprint density at radius 3 is 3.06 bits per heavy atom. The minimum atomic E-state index is 0.445. The summed E-state index contributed by atoms with van der Waals surface area (Å²) in [6.45, 7) is 0.507. The summed E-state index contributed by atoms with van der Waals surface area (Å²) >= 11 is 0. The van der Waals surface area contributed by atoms with Gasteiger partial charge in [-0.15, -0.1) is 0 Å². The second kappa shape index (κ2) is 3.55. The fourth-order valence-electron chi connectivity index (χ4n) is 1.76. The molecule has 0 spiro atoms. The van der Waals surface area contributed by atoms with Gasteiger partial charge in [0.25, 0.3) is 0 Å². The molecule has 0 saturated carbocycles. The van der Waals surface area contributed by atoms with Crippen LogP contribution in [-0.2, 0) is 13.6 Å². The van der Waals surface area contributed by atoms with E-state index in [9.17, 15) is 0 Å². The van der Waals surface area contributed by atoms with E-state index < -0.39 is 0 Å². The zero-order valence-electron chi connectivity index (χ0n) is 9.28. The third-order valence-electron chi connectivity index (χ3n) is 2.53. The number of hydrogen-bond acceptors (Lipinski definition) is 5. The Kier molecular flexibility index (Phi) is 2.04. The predicted octanol–water partition coefficient (Wildman–Crippen LogP) is 0.190. The molecule has 17 heavy (non-hydrogen) atoms. The van der Waals surface area contributed by atoms with Gasteiger partial charge in [0, 0.05) is 13.2 Å². The van der Waals surface area contributed by atoms with Crippen molar-refractivity contribution < 1.29 is 0 Å². The Hall–Kier alpha value is -2.44. The van der Waals surface area contributed by atoms with E-state index in [1.807, 2.05) is 17.7 Å². The van der Waals surface area contributed by atoms with E-state index in [2.05, 4.69) is 20.1 Å². The molecule has 0 bridgehead atoms. The number of nitrogens with zero attached hydrogens (tertiary/aromatic N) is 6. The highest BCUT2D eigenvalue weighted by Crippen LogP contribution is 2.16. The molecular formula is C10H11N7. The molecule has 2 N–H and O–H groups in total. The van der Waals surface area contributed by atoms with Gasteiger partial charge in [-0.2, -0.15) is 5.10 Å². The summed E-state index contributed by atoms with van der Waals surface area (Å²) in [7, 11) is 1.83. The third kappa shape index (κ3) is 1.61. The van der Waals surface area contributed by atoms with Crippen LogP contribution in [0.2, 0.25) is 0 Å². The molecule has 0 amide bonds. The molecule has 0 unspecified atom stereocenters. The first-order valence-electron chi connectivity index (χ1n) is 5.14. The lowest BCUT2D eigenvalue weighted by Crippen LogP contribution is -2.06. The molecule has 3 rings (SSSR count). The van der Waals surface area contributed by atoms with Crippen LogP contribution in [0.5, 0.6) is 0 Å². The normalized spacial score (nSPS) is 11.1. The van der Waals surface area contributed by atoms with Gasteiger partial charge in [-0.05, 0) is 6.07 Å².